The summed E-state index contributed by atoms with van der Waals surface area (Å²) in [7, 11) is -1.76. The van der Waals surface area contributed by atoms with Gasteiger partial charge in [0.2, 0.25) is 0 Å². The van der Waals surface area contributed by atoms with Crippen LogP contribution in [-0.2, 0) is 9.84 Å². The Morgan fingerprint density at radius 2 is 1.78 bits per heavy atom. The third kappa shape index (κ3) is 4.26. The molecule has 0 saturated heterocycles. The molecule has 0 saturated carbocycles. The van der Waals surface area contributed by atoms with Crippen LogP contribution < -0.4 is 10.1 Å². The Labute approximate surface area is 156 Å². The molecule has 0 bridgehead atoms. The summed E-state index contributed by atoms with van der Waals surface area (Å²) < 4.78 is 28.2. The molecule has 138 valence electrons. The van der Waals surface area contributed by atoms with Crippen molar-refractivity contribution in [2.24, 2.45) is 0 Å². The molecule has 0 aliphatic carbocycles. The average Bonchev–Trinajstić information content (AvgIpc) is 2.68. The number of benzene rings is 1. The molecule has 0 radical (unpaired) electrons. The molecule has 9 heteroatoms. The van der Waals surface area contributed by atoms with Gasteiger partial charge in [-0.15, -0.1) is 0 Å². The number of ether oxygens (including phenoxy) is 1. The minimum atomic E-state index is -3.29. The van der Waals surface area contributed by atoms with Gasteiger partial charge in [0.15, 0.2) is 9.84 Å². The Hall–Kier alpha value is -3.33. The van der Waals surface area contributed by atoms with Gasteiger partial charge in [-0.1, -0.05) is 0 Å². The average molecular weight is 384 g/mol. The number of hydrogen-bond acceptors (Lipinski definition) is 7. The number of carbonyl (C=O) groups is 1. The summed E-state index contributed by atoms with van der Waals surface area (Å²) >= 11 is 0. The molecular weight excluding hydrogens is 368 g/mol. The van der Waals surface area contributed by atoms with E-state index in [9.17, 15) is 13.2 Å². The van der Waals surface area contributed by atoms with Gasteiger partial charge in [-0.2, -0.15) is 0 Å². The van der Waals surface area contributed by atoms with Crippen LogP contribution in [0.15, 0.2) is 59.9 Å². The third-order valence-electron chi connectivity index (χ3n) is 3.66. The number of methoxy groups -OCH3 is 1. The van der Waals surface area contributed by atoms with Crippen LogP contribution in [0.3, 0.4) is 0 Å². The first-order valence-electron chi connectivity index (χ1n) is 7.81. The van der Waals surface area contributed by atoms with Gasteiger partial charge in [0, 0.05) is 18.1 Å². The van der Waals surface area contributed by atoms with Crippen molar-refractivity contribution in [3.05, 3.63) is 60.7 Å². The van der Waals surface area contributed by atoms with Gasteiger partial charge in [-0.25, -0.2) is 13.4 Å². The van der Waals surface area contributed by atoms with Crippen molar-refractivity contribution < 1.29 is 17.9 Å². The standard InChI is InChI=1S/C18H16N4O4S/c1-26-16-4-3-9-19-17(16)14-10-21-15(11-20-14)18(23)22-12-5-7-13(8-6-12)27(2,24)25/h3-11H,1-2H3,(H,22,23). The molecule has 3 rings (SSSR count). The smallest absolute Gasteiger partial charge is 0.275 e. The predicted molar refractivity (Wildman–Crippen MR) is 99.3 cm³/mol. The Morgan fingerprint density at radius 3 is 2.37 bits per heavy atom. The number of aromatic nitrogens is 3. The van der Waals surface area contributed by atoms with E-state index in [1.807, 2.05) is 0 Å². The van der Waals surface area contributed by atoms with Crippen molar-refractivity contribution in [3.8, 4) is 17.1 Å². The Kier molecular flexibility index (Phi) is 5.13. The number of amides is 1. The van der Waals surface area contributed by atoms with Crippen LogP contribution in [-0.4, -0.2) is 42.6 Å². The molecule has 3 aromatic rings. The normalized spacial score (nSPS) is 11.0. The summed E-state index contributed by atoms with van der Waals surface area (Å²) in [5.41, 5.74) is 1.56. The lowest BCUT2D eigenvalue weighted by Crippen LogP contribution is -2.14. The summed E-state index contributed by atoms with van der Waals surface area (Å²) in [4.78, 5) is 25.0. The van der Waals surface area contributed by atoms with E-state index in [-0.39, 0.29) is 10.6 Å². The SMILES string of the molecule is COc1cccnc1-c1cnc(C(=O)Nc2ccc(S(C)(=O)=O)cc2)cn1. The molecule has 2 heterocycles. The summed E-state index contributed by atoms with van der Waals surface area (Å²) in [5, 5.41) is 2.64. The van der Waals surface area contributed by atoms with Crippen LogP contribution in [0.2, 0.25) is 0 Å². The van der Waals surface area contributed by atoms with Gasteiger partial charge < -0.3 is 10.1 Å². The van der Waals surface area contributed by atoms with Gasteiger partial charge in [0.05, 0.1) is 24.4 Å². The Balaban J connectivity index is 1.76. The van der Waals surface area contributed by atoms with E-state index in [1.165, 1.54) is 43.8 Å². The highest BCUT2D eigenvalue weighted by atomic mass is 32.2. The number of nitrogens with one attached hydrogen (secondary N) is 1. The fourth-order valence-corrected chi connectivity index (χ4v) is 2.93. The van der Waals surface area contributed by atoms with E-state index >= 15 is 0 Å². The fraction of sp³-hybridized carbons (Fsp3) is 0.111. The maximum Gasteiger partial charge on any atom is 0.275 e. The topological polar surface area (TPSA) is 111 Å². The number of rotatable bonds is 5. The number of hydrogen-bond donors (Lipinski definition) is 1. The first kappa shape index (κ1) is 18.5. The van der Waals surface area contributed by atoms with Crippen LogP contribution in [0, 0.1) is 0 Å². The van der Waals surface area contributed by atoms with E-state index < -0.39 is 15.7 Å². The van der Waals surface area contributed by atoms with Crippen LogP contribution in [0.5, 0.6) is 5.75 Å². The molecule has 1 amide bonds. The van der Waals surface area contributed by atoms with E-state index in [1.54, 1.807) is 18.3 Å². The lowest BCUT2D eigenvalue weighted by Gasteiger charge is -2.07. The van der Waals surface area contributed by atoms with Crippen molar-refractivity contribution >= 4 is 21.4 Å². The van der Waals surface area contributed by atoms with Crippen molar-refractivity contribution in [1.29, 1.82) is 0 Å². The zero-order valence-electron chi connectivity index (χ0n) is 14.6. The molecule has 2 aromatic heterocycles. The maximum atomic E-state index is 12.3. The summed E-state index contributed by atoms with van der Waals surface area (Å²) in [5.74, 6) is 0.0871. The zero-order chi connectivity index (χ0) is 19.4. The second-order valence-corrected chi connectivity index (χ2v) is 7.61. The second-order valence-electron chi connectivity index (χ2n) is 5.59. The van der Waals surface area contributed by atoms with E-state index in [4.69, 9.17) is 4.74 Å². The highest BCUT2D eigenvalue weighted by molar-refractivity contribution is 7.90. The first-order valence-corrected chi connectivity index (χ1v) is 9.70. The van der Waals surface area contributed by atoms with Gasteiger partial charge >= 0.3 is 0 Å². The van der Waals surface area contributed by atoms with Gasteiger partial charge in [0.1, 0.15) is 22.8 Å². The largest absolute Gasteiger partial charge is 0.494 e. The van der Waals surface area contributed by atoms with Crippen LogP contribution >= 0.6 is 0 Å². The van der Waals surface area contributed by atoms with Gasteiger partial charge in [-0.05, 0) is 36.4 Å². The minimum Gasteiger partial charge on any atom is -0.494 e. The molecule has 8 nitrogen and oxygen atoms in total. The number of anilines is 1. The Bertz CT molecular complexity index is 1070. The van der Waals surface area contributed by atoms with Crippen LogP contribution in [0.4, 0.5) is 5.69 Å². The number of nitrogens with zero attached hydrogens (tertiary/aromatic N) is 3. The summed E-state index contributed by atoms with van der Waals surface area (Å²) in [6, 6.07) is 9.36. The highest BCUT2D eigenvalue weighted by Crippen LogP contribution is 2.24. The zero-order valence-corrected chi connectivity index (χ0v) is 15.4. The monoisotopic (exact) mass is 384 g/mol. The molecule has 0 spiro atoms. The second kappa shape index (κ2) is 7.50. The number of pyridine rings is 1. The molecule has 1 N–H and O–H groups in total. The molecule has 0 fully saturated rings. The van der Waals surface area contributed by atoms with Crippen molar-refractivity contribution in [2.45, 2.75) is 4.90 Å². The molecule has 0 atom stereocenters. The highest BCUT2D eigenvalue weighted by Gasteiger charge is 2.13. The third-order valence-corrected chi connectivity index (χ3v) is 4.79. The lowest BCUT2D eigenvalue weighted by atomic mass is 10.2. The Morgan fingerprint density at radius 1 is 1.04 bits per heavy atom. The van der Waals surface area contributed by atoms with Gasteiger partial charge in [-0.3, -0.25) is 14.8 Å². The van der Waals surface area contributed by atoms with Crippen molar-refractivity contribution in [3.63, 3.8) is 0 Å². The fourth-order valence-electron chi connectivity index (χ4n) is 2.30. The lowest BCUT2D eigenvalue weighted by molar-refractivity contribution is 0.102. The number of carbonyl (C=O) groups excluding carboxylic acids is 1. The van der Waals surface area contributed by atoms with E-state index in [0.29, 0.717) is 22.8 Å². The van der Waals surface area contributed by atoms with Crippen LogP contribution in [0.25, 0.3) is 11.4 Å². The molecule has 1 aromatic carbocycles. The minimum absolute atomic E-state index is 0.112. The number of sulfone groups is 1. The van der Waals surface area contributed by atoms with Crippen molar-refractivity contribution in [2.75, 3.05) is 18.7 Å². The van der Waals surface area contributed by atoms with Gasteiger partial charge in [0.25, 0.3) is 5.91 Å². The quantitative estimate of drug-likeness (QED) is 0.718. The molecule has 27 heavy (non-hydrogen) atoms. The molecule has 0 aliphatic rings. The molecule has 0 aliphatic heterocycles. The van der Waals surface area contributed by atoms with E-state index in [2.05, 4.69) is 20.3 Å². The van der Waals surface area contributed by atoms with Crippen LogP contribution in [0.1, 0.15) is 10.5 Å². The maximum absolute atomic E-state index is 12.3. The first-order chi connectivity index (χ1) is 12.9. The predicted octanol–water partition coefficient (Wildman–Crippen LogP) is 2.20. The summed E-state index contributed by atoms with van der Waals surface area (Å²) in [6.45, 7) is 0. The van der Waals surface area contributed by atoms with E-state index in [0.717, 1.165) is 6.26 Å². The van der Waals surface area contributed by atoms with Crippen molar-refractivity contribution in [1.82, 2.24) is 15.0 Å². The molecular formula is C18H16N4O4S. The molecule has 0 unspecified atom stereocenters. The summed E-state index contributed by atoms with van der Waals surface area (Å²) in [6.07, 6.45) is 5.50.